The number of carbonyl (C=O) groups is 1. The van der Waals surface area contributed by atoms with E-state index in [0.29, 0.717) is 46.4 Å². The van der Waals surface area contributed by atoms with Gasteiger partial charge in [0.25, 0.3) is 5.91 Å². The fourth-order valence-corrected chi connectivity index (χ4v) is 3.19. The van der Waals surface area contributed by atoms with Gasteiger partial charge in [-0.1, -0.05) is 11.6 Å². The molecule has 1 aromatic carbocycles. The predicted molar refractivity (Wildman–Crippen MR) is 117 cm³/mol. The van der Waals surface area contributed by atoms with Crippen molar-refractivity contribution in [2.75, 3.05) is 18.8 Å². The van der Waals surface area contributed by atoms with Gasteiger partial charge in [-0.25, -0.2) is 4.98 Å². The van der Waals surface area contributed by atoms with Gasteiger partial charge in [0.15, 0.2) is 0 Å². The van der Waals surface area contributed by atoms with Crippen LogP contribution in [0.1, 0.15) is 34.3 Å². The maximum atomic E-state index is 12.8. The number of nitrogens with zero attached hydrogens (tertiary/aromatic N) is 3. The van der Waals surface area contributed by atoms with E-state index in [0.717, 1.165) is 25.3 Å². The number of carbonyl (C=O) groups excluding carboxylic acids is 1. The Hall–Kier alpha value is -3.44. The first-order chi connectivity index (χ1) is 14.4. The number of benzene rings is 1. The number of halogens is 1. The maximum absolute atomic E-state index is 12.8. The maximum Gasteiger partial charge on any atom is 0.256 e. The number of nitrogens with one attached hydrogen (secondary N) is 2. The zero-order chi connectivity index (χ0) is 22.1. The van der Waals surface area contributed by atoms with Gasteiger partial charge in [-0.2, -0.15) is 5.26 Å². The molecule has 8 nitrogen and oxygen atoms in total. The summed E-state index contributed by atoms with van der Waals surface area (Å²) >= 11 is 6.00. The molecule has 2 heterocycles. The summed E-state index contributed by atoms with van der Waals surface area (Å²) < 4.78 is 5.99. The van der Waals surface area contributed by atoms with E-state index in [2.05, 4.69) is 11.1 Å². The lowest BCUT2D eigenvalue weighted by Gasteiger charge is -2.33. The summed E-state index contributed by atoms with van der Waals surface area (Å²) in [5.74, 6) is 0.277. The van der Waals surface area contributed by atoms with Crippen LogP contribution in [-0.4, -0.2) is 47.4 Å². The molecule has 1 aliphatic rings. The number of amides is 1. The molecule has 3 rings (SSSR count). The molecular weight excluding hydrogens is 404 g/mol. The lowest BCUT2D eigenvalue weighted by atomic mass is 10.1. The number of piperidine rings is 1. The molecule has 1 amide bonds. The number of rotatable bonds is 4. The van der Waals surface area contributed by atoms with E-state index >= 15 is 0 Å². The molecule has 0 spiro atoms. The Labute approximate surface area is 180 Å². The van der Waals surface area contributed by atoms with Crippen LogP contribution < -0.4 is 10.5 Å². The number of nitriles is 1. The first-order valence-corrected chi connectivity index (χ1v) is 9.65. The van der Waals surface area contributed by atoms with E-state index in [-0.39, 0.29) is 12.0 Å². The summed E-state index contributed by atoms with van der Waals surface area (Å²) in [4.78, 5) is 18.8. The molecule has 2 aromatic rings. The Morgan fingerprint density at radius 2 is 2.13 bits per heavy atom. The number of hydrogen-bond acceptors (Lipinski definition) is 7. The second-order valence-electron chi connectivity index (χ2n) is 6.60. The van der Waals surface area contributed by atoms with E-state index in [1.165, 1.54) is 0 Å². The van der Waals surface area contributed by atoms with Crippen LogP contribution in [0.2, 0.25) is 5.02 Å². The van der Waals surface area contributed by atoms with Crippen LogP contribution in [-0.2, 0) is 0 Å². The molecule has 1 saturated heterocycles. The Kier molecular flexibility index (Phi) is 8.32. The summed E-state index contributed by atoms with van der Waals surface area (Å²) in [6, 6.07) is 8.66. The minimum Gasteiger partial charge on any atom is -0.472 e. The SMILES string of the molecule is Cc1c(C#N)ccnc1O[C@@H]1CCCN(C(=O)c2cc(Cl)ccc2N)C1.N=CC=N. The smallest absolute Gasteiger partial charge is 0.256 e. The predicted octanol–water partition coefficient (Wildman–Crippen LogP) is 3.47. The second kappa shape index (κ2) is 10.9. The zero-order valence-electron chi connectivity index (χ0n) is 16.6. The van der Waals surface area contributed by atoms with Gasteiger partial charge in [0.05, 0.1) is 23.7 Å². The fraction of sp³-hybridized carbons (Fsp3) is 0.286. The van der Waals surface area contributed by atoms with Crippen molar-refractivity contribution < 1.29 is 9.53 Å². The summed E-state index contributed by atoms with van der Waals surface area (Å²) in [6.45, 7) is 2.87. The van der Waals surface area contributed by atoms with Crippen molar-refractivity contribution in [3.05, 3.63) is 52.2 Å². The number of likely N-dealkylation sites (tertiary alicyclic amines) is 1. The third-order valence-electron chi connectivity index (χ3n) is 4.55. The molecule has 9 heteroatoms. The Morgan fingerprint density at radius 3 is 2.80 bits per heavy atom. The second-order valence-corrected chi connectivity index (χ2v) is 7.04. The minimum absolute atomic E-state index is 0.159. The van der Waals surface area contributed by atoms with Gasteiger partial charge in [0.2, 0.25) is 5.88 Å². The topological polar surface area (TPSA) is 140 Å². The van der Waals surface area contributed by atoms with E-state index < -0.39 is 0 Å². The number of nitrogen functional groups attached to an aromatic ring is 1. The molecule has 30 heavy (non-hydrogen) atoms. The molecule has 1 fully saturated rings. The van der Waals surface area contributed by atoms with Gasteiger partial charge in [-0.15, -0.1) is 0 Å². The van der Waals surface area contributed by atoms with Gasteiger partial charge < -0.3 is 26.2 Å². The lowest BCUT2D eigenvalue weighted by molar-refractivity contribution is 0.0527. The van der Waals surface area contributed by atoms with Crippen molar-refractivity contribution in [3.63, 3.8) is 0 Å². The van der Waals surface area contributed by atoms with Crippen LogP contribution in [0.3, 0.4) is 0 Å². The molecule has 1 atom stereocenters. The first-order valence-electron chi connectivity index (χ1n) is 9.27. The van der Waals surface area contributed by atoms with Crippen molar-refractivity contribution in [1.82, 2.24) is 9.88 Å². The van der Waals surface area contributed by atoms with Crippen LogP contribution in [0, 0.1) is 29.1 Å². The van der Waals surface area contributed by atoms with Crippen LogP contribution in [0.4, 0.5) is 5.69 Å². The highest BCUT2D eigenvalue weighted by atomic mass is 35.5. The Morgan fingerprint density at radius 1 is 1.40 bits per heavy atom. The van der Waals surface area contributed by atoms with E-state index in [1.807, 2.05) is 0 Å². The summed E-state index contributed by atoms with van der Waals surface area (Å²) in [7, 11) is 0. The summed E-state index contributed by atoms with van der Waals surface area (Å²) in [5.41, 5.74) is 7.97. The average Bonchev–Trinajstić information content (AvgIpc) is 2.76. The van der Waals surface area contributed by atoms with Crippen LogP contribution >= 0.6 is 11.6 Å². The Bertz CT molecular complexity index is 966. The normalized spacial score (nSPS) is 15.2. The quantitative estimate of drug-likeness (QED) is 0.507. The molecule has 0 radical (unpaired) electrons. The number of anilines is 1. The molecule has 0 unspecified atom stereocenters. The van der Waals surface area contributed by atoms with Gasteiger partial charge in [-0.3, -0.25) is 4.79 Å². The van der Waals surface area contributed by atoms with E-state index in [4.69, 9.17) is 38.2 Å². The fourth-order valence-electron chi connectivity index (χ4n) is 3.02. The van der Waals surface area contributed by atoms with Crippen LogP contribution in [0.15, 0.2) is 30.5 Å². The highest BCUT2D eigenvalue weighted by Crippen LogP contribution is 2.25. The largest absolute Gasteiger partial charge is 0.472 e. The molecular formula is C21H23ClN6O2. The highest BCUT2D eigenvalue weighted by molar-refractivity contribution is 6.31. The monoisotopic (exact) mass is 426 g/mol. The van der Waals surface area contributed by atoms with Crippen molar-refractivity contribution in [2.24, 2.45) is 0 Å². The molecule has 0 bridgehead atoms. The van der Waals surface area contributed by atoms with Gasteiger partial charge in [-0.05, 0) is 44.0 Å². The van der Waals surface area contributed by atoms with Gasteiger partial charge >= 0.3 is 0 Å². The standard InChI is InChI=1S/C19H19ClN4O2.C2H4N2/c1-12-13(10-21)6-7-23-18(12)26-15-3-2-8-24(11-15)19(25)16-9-14(20)4-5-17(16)22;3-1-2-4/h4-7,9,15H,2-3,8,11,22H2,1H3;1-4H/t15-;/m1./s1. The van der Waals surface area contributed by atoms with Crippen molar-refractivity contribution in [2.45, 2.75) is 25.9 Å². The summed E-state index contributed by atoms with van der Waals surface area (Å²) in [6.07, 6.45) is 4.83. The van der Waals surface area contributed by atoms with E-state index in [9.17, 15) is 4.79 Å². The molecule has 1 aromatic heterocycles. The van der Waals surface area contributed by atoms with Crippen molar-refractivity contribution in [3.8, 4) is 11.9 Å². The number of nitrogens with two attached hydrogens (primary N) is 1. The van der Waals surface area contributed by atoms with E-state index in [1.54, 1.807) is 42.3 Å². The molecule has 1 aliphatic heterocycles. The Balaban J connectivity index is 0.000000735. The third-order valence-corrected chi connectivity index (χ3v) is 4.79. The zero-order valence-corrected chi connectivity index (χ0v) is 17.3. The third kappa shape index (κ3) is 5.78. The number of pyridine rings is 1. The lowest BCUT2D eigenvalue weighted by Crippen LogP contribution is -2.44. The van der Waals surface area contributed by atoms with Crippen LogP contribution in [0.5, 0.6) is 5.88 Å². The molecule has 4 N–H and O–H groups in total. The van der Waals surface area contributed by atoms with Gasteiger partial charge in [0.1, 0.15) is 6.10 Å². The number of ether oxygens (including phenoxy) is 1. The van der Waals surface area contributed by atoms with Crippen molar-refractivity contribution >= 4 is 35.6 Å². The van der Waals surface area contributed by atoms with Crippen molar-refractivity contribution in [1.29, 1.82) is 16.1 Å². The van der Waals surface area contributed by atoms with Gasteiger partial charge in [0, 0.05) is 41.4 Å². The first kappa shape index (κ1) is 22.8. The molecule has 156 valence electrons. The molecule has 0 saturated carbocycles. The number of hydrogen-bond donors (Lipinski definition) is 3. The number of aromatic nitrogens is 1. The minimum atomic E-state index is -0.187. The van der Waals surface area contributed by atoms with Crippen LogP contribution in [0.25, 0.3) is 0 Å². The summed E-state index contributed by atoms with van der Waals surface area (Å²) in [5, 5.41) is 21.8. The molecule has 0 aliphatic carbocycles. The average molecular weight is 427 g/mol. The highest BCUT2D eigenvalue weighted by Gasteiger charge is 2.27.